The van der Waals surface area contributed by atoms with Crippen LogP contribution in [0.4, 0.5) is 0 Å². The van der Waals surface area contributed by atoms with Crippen molar-refractivity contribution in [2.24, 2.45) is 10.4 Å². The Balaban J connectivity index is 0.00000361. The van der Waals surface area contributed by atoms with Crippen molar-refractivity contribution in [1.29, 1.82) is 0 Å². The second-order valence-electron chi connectivity index (χ2n) is 6.11. The van der Waals surface area contributed by atoms with Crippen LogP contribution >= 0.6 is 35.3 Å². The van der Waals surface area contributed by atoms with Crippen LogP contribution < -0.4 is 10.6 Å². The highest BCUT2D eigenvalue weighted by atomic mass is 127. The summed E-state index contributed by atoms with van der Waals surface area (Å²) < 4.78 is 0. The van der Waals surface area contributed by atoms with Gasteiger partial charge in [-0.2, -0.15) is 0 Å². The van der Waals surface area contributed by atoms with E-state index in [9.17, 15) is 0 Å². The summed E-state index contributed by atoms with van der Waals surface area (Å²) in [5.74, 6) is 1.41. The van der Waals surface area contributed by atoms with Gasteiger partial charge in [0, 0.05) is 30.9 Å². The van der Waals surface area contributed by atoms with Crippen molar-refractivity contribution in [2.45, 2.75) is 40.0 Å². The maximum Gasteiger partial charge on any atom is 0.190 e. The number of hydrogen-bond donors (Lipinski definition) is 2. The smallest absolute Gasteiger partial charge is 0.190 e. The molecule has 0 saturated heterocycles. The van der Waals surface area contributed by atoms with Crippen LogP contribution in [-0.4, -0.2) is 26.1 Å². The molecule has 1 atom stereocenters. The quantitative estimate of drug-likeness (QED) is 0.437. The highest BCUT2D eigenvalue weighted by molar-refractivity contribution is 14.0. The van der Waals surface area contributed by atoms with Crippen LogP contribution in [0.15, 0.2) is 22.5 Å². The summed E-state index contributed by atoms with van der Waals surface area (Å²) in [4.78, 5) is 5.67. The van der Waals surface area contributed by atoms with Gasteiger partial charge in [-0.25, -0.2) is 0 Å². The molecule has 3 nitrogen and oxygen atoms in total. The van der Waals surface area contributed by atoms with E-state index in [2.05, 4.69) is 60.8 Å². The van der Waals surface area contributed by atoms with Gasteiger partial charge >= 0.3 is 0 Å². The Hall–Kier alpha value is -0.300. The second-order valence-corrected chi connectivity index (χ2v) is 7.09. The molecule has 1 aromatic heterocycles. The van der Waals surface area contributed by atoms with Crippen LogP contribution in [0.25, 0.3) is 0 Å². The molecule has 0 amide bonds. The van der Waals surface area contributed by atoms with Crippen LogP contribution in [0.1, 0.15) is 44.9 Å². The van der Waals surface area contributed by atoms with E-state index in [1.54, 1.807) is 0 Å². The number of guanidine groups is 1. The highest BCUT2D eigenvalue weighted by Gasteiger charge is 2.10. The van der Waals surface area contributed by atoms with E-state index >= 15 is 0 Å². The molecule has 0 aliphatic rings. The van der Waals surface area contributed by atoms with E-state index in [0.29, 0.717) is 11.3 Å². The molecule has 0 radical (unpaired) electrons. The number of rotatable bonds is 5. The molecule has 1 rings (SSSR count). The Bertz CT molecular complexity index is 382. The molecule has 1 aromatic rings. The standard InChI is InChI=1S/C15H27N3S.HI/c1-12(13-7-6-10-19-13)11-18-14(16-5)17-9-8-15(2,3)4;/h6-7,10,12H,8-9,11H2,1-5H3,(H2,16,17,18);1H. The second kappa shape index (κ2) is 9.60. The SMILES string of the molecule is CN=C(NCCC(C)(C)C)NCC(C)c1cccs1.I. The fourth-order valence-corrected chi connectivity index (χ4v) is 2.49. The van der Waals surface area contributed by atoms with Gasteiger partial charge in [0.05, 0.1) is 0 Å². The van der Waals surface area contributed by atoms with E-state index in [1.807, 2.05) is 18.4 Å². The summed E-state index contributed by atoms with van der Waals surface area (Å²) in [5.41, 5.74) is 0.357. The minimum absolute atomic E-state index is 0. The van der Waals surface area contributed by atoms with Gasteiger partial charge in [-0.15, -0.1) is 35.3 Å². The van der Waals surface area contributed by atoms with E-state index in [-0.39, 0.29) is 24.0 Å². The molecule has 20 heavy (non-hydrogen) atoms. The first-order valence-corrected chi connectivity index (χ1v) is 7.78. The fourth-order valence-electron chi connectivity index (χ4n) is 1.70. The lowest BCUT2D eigenvalue weighted by atomic mass is 9.92. The lowest BCUT2D eigenvalue weighted by Crippen LogP contribution is -2.40. The molecule has 0 spiro atoms. The van der Waals surface area contributed by atoms with Gasteiger partial charge in [0.1, 0.15) is 0 Å². The average Bonchev–Trinajstić information content (AvgIpc) is 2.85. The summed E-state index contributed by atoms with van der Waals surface area (Å²) in [6, 6.07) is 4.29. The van der Waals surface area contributed by atoms with Crippen molar-refractivity contribution in [3.8, 4) is 0 Å². The molecule has 0 aromatic carbocycles. The summed E-state index contributed by atoms with van der Waals surface area (Å²) in [5, 5.41) is 8.89. The number of nitrogens with one attached hydrogen (secondary N) is 2. The Morgan fingerprint density at radius 3 is 2.55 bits per heavy atom. The van der Waals surface area contributed by atoms with Crippen molar-refractivity contribution in [3.05, 3.63) is 22.4 Å². The van der Waals surface area contributed by atoms with Crippen LogP contribution in [0.5, 0.6) is 0 Å². The van der Waals surface area contributed by atoms with Crippen LogP contribution in [-0.2, 0) is 0 Å². The van der Waals surface area contributed by atoms with Crippen LogP contribution in [0.2, 0.25) is 0 Å². The minimum atomic E-state index is 0. The first-order valence-electron chi connectivity index (χ1n) is 6.90. The van der Waals surface area contributed by atoms with E-state index < -0.39 is 0 Å². The predicted molar refractivity (Wildman–Crippen MR) is 102 cm³/mol. The fraction of sp³-hybridized carbons (Fsp3) is 0.667. The Kier molecular flexibility index (Phi) is 9.46. The zero-order chi connectivity index (χ0) is 14.3. The third-order valence-corrected chi connectivity index (χ3v) is 4.10. The first kappa shape index (κ1) is 19.7. The molecule has 1 heterocycles. The monoisotopic (exact) mass is 409 g/mol. The zero-order valence-electron chi connectivity index (χ0n) is 13.2. The number of halogens is 1. The van der Waals surface area contributed by atoms with Gasteiger partial charge < -0.3 is 10.6 Å². The highest BCUT2D eigenvalue weighted by Crippen LogP contribution is 2.19. The van der Waals surface area contributed by atoms with Gasteiger partial charge in [0.15, 0.2) is 5.96 Å². The Labute approximate surface area is 144 Å². The molecule has 5 heteroatoms. The van der Waals surface area contributed by atoms with Crippen molar-refractivity contribution >= 4 is 41.3 Å². The third-order valence-electron chi connectivity index (χ3n) is 3.00. The number of hydrogen-bond acceptors (Lipinski definition) is 2. The van der Waals surface area contributed by atoms with Gasteiger partial charge in [0.2, 0.25) is 0 Å². The van der Waals surface area contributed by atoms with Crippen molar-refractivity contribution in [1.82, 2.24) is 10.6 Å². The number of nitrogens with zero attached hydrogens (tertiary/aromatic N) is 1. The molecule has 2 N–H and O–H groups in total. The number of thiophene rings is 1. The molecule has 0 bridgehead atoms. The predicted octanol–water partition coefficient (Wildman–Crippen LogP) is 4.07. The molecule has 0 fully saturated rings. The molecule has 116 valence electrons. The number of aliphatic imine (C=N–C) groups is 1. The van der Waals surface area contributed by atoms with Gasteiger partial charge in [-0.1, -0.05) is 33.8 Å². The summed E-state index contributed by atoms with van der Waals surface area (Å²) in [6.45, 7) is 10.9. The van der Waals surface area contributed by atoms with Crippen molar-refractivity contribution < 1.29 is 0 Å². The lowest BCUT2D eigenvalue weighted by molar-refractivity contribution is 0.377. The van der Waals surface area contributed by atoms with Crippen molar-refractivity contribution in [3.63, 3.8) is 0 Å². The minimum Gasteiger partial charge on any atom is -0.356 e. The largest absolute Gasteiger partial charge is 0.356 e. The summed E-state index contributed by atoms with van der Waals surface area (Å²) >= 11 is 1.81. The Morgan fingerprint density at radius 1 is 1.35 bits per heavy atom. The topological polar surface area (TPSA) is 36.4 Å². The normalized spacial score (nSPS) is 13.6. The van der Waals surface area contributed by atoms with E-state index in [1.165, 1.54) is 4.88 Å². The van der Waals surface area contributed by atoms with E-state index in [0.717, 1.165) is 25.5 Å². The lowest BCUT2D eigenvalue weighted by Gasteiger charge is -2.20. The maximum atomic E-state index is 4.26. The zero-order valence-corrected chi connectivity index (χ0v) is 16.3. The Morgan fingerprint density at radius 2 is 2.05 bits per heavy atom. The van der Waals surface area contributed by atoms with Crippen LogP contribution in [0.3, 0.4) is 0 Å². The van der Waals surface area contributed by atoms with Gasteiger partial charge in [-0.05, 0) is 23.3 Å². The molecule has 0 aliphatic heterocycles. The molecular formula is C15H28IN3S. The maximum absolute atomic E-state index is 4.26. The van der Waals surface area contributed by atoms with E-state index in [4.69, 9.17) is 0 Å². The van der Waals surface area contributed by atoms with Crippen LogP contribution in [0, 0.1) is 5.41 Å². The molecule has 0 saturated carbocycles. The van der Waals surface area contributed by atoms with Gasteiger partial charge in [0.25, 0.3) is 0 Å². The molecular weight excluding hydrogens is 381 g/mol. The van der Waals surface area contributed by atoms with Gasteiger partial charge in [-0.3, -0.25) is 4.99 Å². The summed E-state index contributed by atoms with van der Waals surface area (Å²) in [6.07, 6.45) is 1.13. The molecule has 0 aliphatic carbocycles. The third kappa shape index (κ3) is 8.09. The first-order chi connectivity index (χ1) is 8.92. The molecule has 1 unspecified atom stereocenters. The van der Waals surface area contributed by atoms with Crippen molar-refractivity contribution in [2.75, 3.05) is 20.1 Å². The average molecular weight is 409 g/mol. The summed E-state index contributed by atoms with van der Waals surface area (Å²) in [7, 11) is 1.82.